The van der Waals surface area contributed by atoms with Crippen LogP contribution >= 0.6 is 27.7 Å². The SMILES string of the molecule is CCOc1cc(C=C2SC(=Nc3cccc(C(=O)O)c3)N(CC)C2=O)cc(Br)c1OCc1ccc(C)cc1. The van der Waals surface area contributed by atoms with Crippen LogP contribution in [0.1, 0.15) is 40.9 Å². The number of halogens is 1. The molecular formula is C29H27BrN2O5S. The summed E-state index contributed by atoms with van der Waals surface area (Å²) in [6.07, 6.45) is 1.79. The van der Waals surface area contributed by atoms with Crippen molar-refractivity contribution in [1.82, 2.24) is 4.90 Å². The summed E-state index contributed by atoms with van der Waals surface area (Å²) < 4.78 is 12.7. The van der Waals surface area contributed by atoms with Crippen LogP contribution in [-0.4, -0.2) is 40.2 Å². The minimum Gasteiger partial charge on any atom is -0.490 e. The molecule has 1 aliphatic rings. The van der Waals surface area contributed by atoms with Crippen LogP contribution in [0.3, 0.4) is 0 Å². The summed E-state index contributed by atoms with van der Waals surface area (Å²) in [7, 11) is 0. The number of amides is 1. The summed E-state index contributed by atoms with van der Waals surface area (Å²) >= 11 is 4.86. The lowest BCUT2D eigenvalue weighted by atomic mass is 10.1. The predicted molar refractivity (Wildman–Crippen MR) is 154 cm³/mol. The molecule has 1 saturated heterocycles. The summed E-state index contributed by atoms with van der Waals surface area (Å²) in [6.45, 7) is 7.09. The van der Waals surface area contributed by atoms with Crippen molar-refractivity contribution in [1.29, 1.82) is 0 Å². The number of ether oxygens (including phenoxy) is 2. The van der Waals surface area contributed by atoms with E-state index in [-0.39, 0.29) is 11.5 Å². The summed E-state index contributed by atoms with van der Waals surface area (Å²) in [4.78, 5) is 31.1. The van der Waals surface area contributed by atoms with Gasteiger partial charge in [-0.15, -0.1) is 0 Å². The van der Waals surface area contributed by atoms with E-state index in [2.05, 4.69) is 20.9 Å². The molecule has 0 atom stereocenters. The molecule has 3 aromatic rings. The van der Waals surface area contributed by atoms with Crippen molar-refractivity contribution in [2.75, 3.05) is 13.2 Å². The Balaban J connectivity index is 1.61. The van der Waals surface area contributed by atoms with E-state index in [4.69, 9.17) is 9.47 Å². The first-order valence-corrected chi connectivity index (χ1v) is 13.7. The number of carboxylic acid groups (broad SMARTS) is 1. The molecule has 9 heteroatoms. The Hall–Kier alpha value is -3.56. The zero-order valence-corrected chi connectivity index (χ0v) is 23.6. The number of hydrogen-bond acceptors (Lipinski definition) is 6. The number of thioether (sulfide) groups is 1. The molecule has 4 rings (SSSR count). The van der Waals surface area contributed by atoms with Crippen molar-refractivity contribution < 1.29 is 24.2 Å². The average Bonchev–Trinajstić information content (AvgIpc) is 3.18. The van der Waals surface area contributed by atoms with Gasteiger partial charge in [-0.3, -0.25) is 9.69 Å². The van der Waals surface area contributed by atoms with Gasteiger partial charge in [0.25, 0.3) is 5.91 Å². The van der Waals surface area contributed by atoms with Crippen LogP contribution in [0, 0.1) is 6.92 Å². The van der Waals surface area contributed by atoms with Crippen LogP contribution in [0.25, 0.3) is 6.08 Å². The van der Waals surface area contributed by atoms with E-state index in [1.54, 1.807) is 23.1 Å². The average molecular weight is 596 g/mol. The van der Waals surface area contributed by atoms with Gasteiger partial charge in [0, 0.05) is 6.54 Å². The molecule has 0 aromatic heterocycles. The van der Waals surface area contributed by atoms with Crippen LogP contribution in [0.4, 0.5) is 5.69 Å². The molecule has 1 amide bonds. The molecular weight excluding hydrogens is 568 g/mol. The molecule has 1 N–H and O–H groups in total. The summed E-state index contributed by atoms with van der Waals surface area (Å²) in [6, 6.07) is 18.2. The predicted octanol–water partition coefficient (Wildman–Crippen LogP) is 7.06. The van der Waals surface area contributed by atoms with Crippen molar-refractivity contribution in [2.45, 2.75) is 27.4 Å². The molecule has 1 fully saturated rings. The van der Waals surface area contributed by atoms with Gasteiger partial charge in [-0.1, -0.05) is 35.9 Å². The number of rotatable bonds is 9. The Morgan fingerprint density at radius 2 is 1.87 bits per heavy atom. The summed E-state index contributed by atoms with van der Waals surface area (Å²) in [5.41, 5.74) is 3.60. The molecule has 0 saturated carbocycles. The third kappa shape index (κ3) is 6.46. The first-order valence-electron chi connectivity index (χ1n) is 12.1. The Morgan fingerprint density at radius 1 is 1.11 bits per heavy atom. The second kappa shape index (κ2) is 12.3. The van der Waals surface area contributed by atoms with Crippen molar-refractivity contribution >= 4 is 56.5 Å². The van der Waals surface area contributed by atoms with E-state index in [0.717, 1.165) is 11.1 Å². The number of aromatic carboxylic acids is 1. The highest BCUT2D eigenvalue weighted by Gasteiger charge is 2.32. The standard InChI is InChI=1S/C29H27BrN2O5S/c1-4-32-27(33)25(38-29(32)31-22-8-6-7-21(16-22)28(34)35)15-20-13-23(30)26(24(14-20)36-5-2)37-17-19-11-9-18(3)10-12-19/h6-16H,4-5,17H2,1-3H3,(H,34,35). The van der Waals surface area contributed by atoms with Gasteiger partial charge in [0.15, 0.2) is 16.7 Å². The van der Waals surface area contributed by atoms with E-state index in [0.29, 0.717) is 51.5 Å². The van der Waals surface area contributed by atoms with Gasteiger partial charge in [0.1, 0.15) is 6.61 Å². The normalized spacial score (nSPS) is 15.4. The van der Waals surface area contributed by atoms with Crippen LogP contribution in [-0.2, 0) is 11.4 Å². The van der Waals surface area contributed by atoms with Gasteiger partial charge in [0.05, 0.1) is 27.2 Å². The van der Waals surface area contributed by atoms with E-state index in [1.165, 1.54) is 29.5 Å². The Bertz CT molecular complexity index is 1420. The lowest BCUT2D eigenvalue weighted by Gasteiger charge is -2.15. The maximum atomic E-state index is 13.2. The van der Waals surface area contributed by atoms with Gasteiger partial charge in [-0.25, -0.2) is 9.79 Å². The first-order chi connectivity index (χ1) is 18.3. The first kappa shape index (κ1) is 27.5. The fraction of sp³-hybridized carbons (Fsp3) is 0.207. The van der Waals surface area contributed by atoms with Crippen molar-refractivity contribution in [3.05, 3.63) is 92.3 Å². The number of hydrogen-bond donors (Lipinski definition) is 1. The summed E-state index contributed by atoms with van der Waals surface area (Å²) in [5.74, 6) is -0.0322. The van der Waals surface area contributed by atoms with E-state index < -0.39 is 5.97 Å². The fourth-order valence-electron chi connectivity index (χ4n) is 3.75. The molecule has 1 aliphatic heterocycles. The fourth-order valence-corrected chi connectivity index (χ4v) is 5.39. The molecule has 3 aromatic carbocycles. The van der Waals surface area contributed by atoms with Gasteiger partial charge >= 0.3 is 5.97 Å². The third-order valence-electron chi connectivity index (χ3n) is 5.66. The number of amidine groups is 1. The topological polar surface area (TPSA) is 88.4 Å². The number of carbonyl (C=O) groups excluding carboxylic acids is 1. The zero-order valence-electron chi connectivity index (χ0n) is 21.2. The number of aryl methyl sites for hydroxylation is 1. The van der Waals surface area contributed by atoms with Crippen molar-refractivity contribution in [3.63, 3.8) is 0 Å². The van der Waals surface area contributed by atoms with Crippen molar-refractivity contribution in [3.8, 4) is 11.5 Å². The monoisotopic (exact) mass is 594 g/mol. The van der Waals surface area contributed by atoms with E-state index in [1.807, 2.05) is 57.2 Å². The van der Waals surface area contributed by atoms with Gasteiger partial charge in [-0.05, 0) is 96.0 Å². The van der Waals surface area contributed by atoms with Crippen LogP contribution in [0.5, 0.6) is 11.5 Å². The molecule has 7 nitrogen and oxygen atoms in total. The van der Waals surface area contributed by atoms with Crippen LogP contribution < -0.4 is 9.47 Å². The molecule has 38 heavy (non-hydrogen) atoms. The largest absolute Gasteiger partial charge is 0.490 e. The Kier molecular flexibility index (Phi) is 8.91. The lowest BCUT2D eigenvalue weighted by Crippen LogP contribution is -2.28. The highest BCUT2D eigenvalue weighted by molar-refractivity contribution is 9.10. The molecule has 0 unspecified atom stereocenters. The minimum absolute atomic E-state index is 0.137. The number of aliphatic imine (C=N–C) groups is 1. The quantitative estimate of drug-likeness (QED) is 0.267. The highest BCUT2D eigenvalue weighted by atomic mass is 79.9. The molecule has 0 radical (unpaired) electrons. The minimum atomic E-state index is -1.03. The molecule has 1 heterocycles. The van der Waals surface area contributed by atoms with Gasteiger partial charge in [0.2, 0.25) is 0 Å². The number of benzene rings is 3. The van der Waals surface area contributed by atoms with E-state index in [9.17, 15) is 14.7 Å². The smallest absolute Gasteiger partial charge is 0.335 e. The Labute approximate surface area is 234 Å². The lowest BCUT2D eigenvalue weighted by molar-refractivity contribution is -0.122. The second-order valence-electron chi connectivity index (χ2n) is 8.45. The number of likely N-dealkylation sites (N-methyl/N-ethyl adjacent to an activating group) is 1. The number of carboxylic acids is 1. The highest BCUT2D eigenvalue weighted by Crippen LogP contribution is 2.40. The van der Waals surface area contributed by atoms with E-state index >= 15 is 0 Å². The molecule has 0 bridgehead atoms. The van der Waals surface area contributed by atoms with Gasteiger partial charge < -0.3 is 14.6 Å². The second-order valence-corrected chi connectivity index (χ2v) is 10.3. The van der Waals surface area contributed by atoms with Gasteiger partial charge in [-0.2, -0.15) is 0 Å². The van der Waals surface area contributed by atoms with Crippen molar-refractivity contribution in [2.24, 2.45) is 4.99 Å². The third-order valence-corrected chi connectivity index (χ3v) is 7.25. The maximum absolute atomic E-state index is 13.2. The summed E-state index contributed by atoms with van der Waals surface area (Å²) in [5, 5.41) is 9.76. The van der Waals surface area contributed by atoms with Crippen LogP contribution in [0.15, 0.2) is 75.0 Å². The zero-order chi connectivity index (χ0) is 27.2. The molecule has 196 valence electrons. The van der Waals surface area contributed by atoms with Crippen LogP contribution in [0.2, 0.25) is 0 Å². The maximum Gasteiger partial charge on any atom is 0.335 e. The Morgan fingerprint density at radius 3 is 2.55 bits per heavy atom. The molecule has 0 spiro atoms. The number of nitrogens with zero attached hydrogens (tertiary/aromatic N) is 2. The molecule has 0 aliphatic carbocycles. The number of carbonyl (C=O) groups is 2.